The van der Waals surface area contributed by atoms with Crippen molar-refractivity contribution in [3.05, 3.63) is 40.4 Å². The lowest BCUT2D eigenvalue weighted by Crippen LogP contribution is -2.45. The topological polar surface area (TPSA) is 35.5 Å². The van der Waals surface area contributed by atoms with Crippen LogP contribution < -0.4 is 5.32 Å². The quantitative estimate of drug-likeness (QED) is 0.605. The van der Waals surface area contributed by atoms with Gasteiger partial charge in [-0.3, -0.25) is 4.90 Å². The maximum absolute atomic E-state index is 13.1. The number of hydrogen-bond donors (Lipinski definition) is 2. The second-order valence-corrected chi connectivity index (χ2v) is 6.47. The highest BCUT2D eigenvalue weighted by Crippen LogP contribution is 2.43. The smallest absolute Gasteiger partial charge is 0.420 e. The molecule has 1 saturated heterocycles. The summed E-state index contributed by atoms with van der Waals surface area (Å²) in [6.07, 6.45) is -1.56. The summed E-state index contributed by atoms with van der Waals surface area (Å²) in [5.74, 6) is -0.673. The van der Waals surface area contributed by atoms with Crippen LogP contribution in [0.3, 0.4) is 0 Å². The molecule has 1 aliphatic rings. The van der Waals surface area contributed by atoms with Crippen molar-refractivity contribution >= 4 is 40.7 Å². The van der Waals surface area contributed by atoms with Gasteiger partial charge in [-0.1, -0.05) is 22.0 Å². The molecule has 0 aromatic heterocycles. The number of aromatic hydroxyl groups is 1. The Morgan fingerprint density at radius 1 is 1.28 bits per heavy atom. The van der Waals surface area contributed by atoms with Crippen LogP contribution in [0.4, 0.5) is 13.2 Å². The Kier molecular flexibility index (Phi) is 10.4. The molecule has 0 radical (unpaired) electrons. The first kappa shape index (κ1) is 24.5. The zero-order valence-corrected chi connectivity index (χ0v) is 16.7. The first-order valence-corrected chi connectivity index (χ1v) is 8.29. The SMILES string of the molecule is C=CCC[C@H](c1cc(Br)cc(C(F)(F)F)c1O)N1CCNCC1.Cl.Cl. The van der Waals surface area contributed by atoms with Gasteiger partial charge in [0.2, 0.25) is 0 Å². The van der Waals surface area contributed by atoms with Gasteiger partial charge in [0.25, 0.3) is 0 Å². The molecule has 2 rings (SSSR count). The van der Waals surface area contributed by atoms with Crippen LogP contribution >= 0.6 is 40.7 Å². The van der Waals surface area contributed by atoms with E-state index in [0.717, 1.165) is 32.2 Å². The fourth-order valence-electron chi connectivity index (χ4n) is 2.89. The molecule has 9 heteroatoms. The number of phenolic OH excluding ortho intramolecular Hbond substituents is 1. The molecule has 2 N–H and O–H groups in total. The van der Waals surface area contributed by atoms with Crippen LogP contribution in [0.15, 0.2) is 29.3 Å². The lowest BCUT2D eigenvalue weighted by molar-refractivity contribution is -0.138. The molecule has 1 aliphatic heterocycles. The zero-order chi connectivity index (χ0) is 17.0. The van der Waals surface area contributed by atoms with Crippen LogP contribution in [0, 0.1) is 0 Å². The van der Waals surface area contributed by atoms with Crippen LogP contribution in [0.2, 0.25) is 0 Å². The van der Waals surface area contributed by atoms with Crippen LogP contribution in [-0.2, 0) is 6.18 Å². The molecule has 0 spiro atoms. The Balaban J connectivity index is 0.00000288. The zero-order valence-electron chi connectivity index (χ0n) is 13.5. The number of piperazine rings is 1. The predicted octanol–water partition coefficient (Wildman–Crippen LogP) is 4.93. The molecule has 3 nitrogen and oxygen atoms in total. The van der Waals surface area contributed by atoms with Gasteiger partial charge in [-0.25, -0.2) is 0 Å². The minimum atomic E-state index is -4.59. The average Bonchev–Trinajstić information content (AvgIpc) is 2.50. The number of benzene rings is 1. The lowest BCUT2D eigenvalue weighted by atomic mass is 9.96. The van der Waals surface area contributed by atoms with Crippen molar-refractivity contribution in [2.75, 3.05) is 26.2 Å². The Hall–Kier alpha value is -0.470. The molecule has 1 aromatic carbocycles. The third-order valence-electron chi connectivity index (χ3n) is 4.01. The number of allylic oxidation sites excluding steroid dienone is 1. The molecule has 0 unspecified atom stereocenters. The number of hydrogen-bond acceptors (Lipinski definition) is 3. The number of nitrogens with one attached hydrogen (secondary N) is 1. The highest BCUT2D eigenvalue weighted by molar-refractivity contribution is 9.10. The van der Waals surface area contributed by atoms with E-state index in [-0.39, 0.29) is 30.9 Å². The molecule has 25 heavy (non-hydrogen) atoms. The average molecular weight is 466 g/mol. The highest BCUT2D eigenvalue weighted by Gasteiger charge is 2.37. The maximum atomic E-state index is 13.1. The van der Waals surface area contributed by atoms with Crippen molar-refractivity contribution in [1.29, 1.82) is 0 Å². The molecule has 0 aliphatic carbocycles. The van der Waals surface area contributed by atoms with Crippen LogP contribution in [0.5, 0.6) is 5.75 Å². The molecule has 1 aromatic rings. The molecule has 0 bridgehead atoms. The van der Waals surface area contributed by atoms with E-state index in [0.29, 0.717) is 22.9 Å². The van der Waals surface area contributed by atoms with Gasteiger partial charge >= 0.3 is 6.18 Å². The number of nitrogens with zero attached hydrogens (tertiary/aromatic N) is 1. The molecule has 144 valence electrons. The van der Waals surface area contributed by atoms with Crippen molar-refractivity contribution < 1.29 is 18.3 Å². The molecule has 1 atom stereocenters. The van der Waals surface area contributed by atoms with Crippen molar-refractivity contribution in [2.24, 2.45) is 0 Å². The third-order valence-corrected chi connectivity index (χ3v) is 4.46. The van der Waals surface area contributed by atoms with Gasteiger partial charge in [-0.05, 0) is 25.0 Å². The summed E-state index contributed by atoms with van der Waals surface area (Å²) < 4.78 is 39.8. The Bertz CT molecular complexity index is 567. The second kappa shape index (κ2) is 10.6. The van der Waals surface area contributed by atoms with E-state index in [9.17, 15) is 18.3 Å². The monoisotopic (exact) mass is 464 g/mol. The Morgan fingerprint density at radius 2 is 1.88 bits per heavy atom. The number of alkyl halides is 3. The third kappa shape index (κ3) is 6.32. The van der Waals surface area contributed by atoms with Gasteiger partial charge < -0.3 is 10.4 Å². The predicted molar refractivity (Wildman–Crippen MR) is 102 cm³/mol. The van der Waals surface area contributed by atoms with E-state index in [4.69, 9.17) is 0 Å². The summed E-state index contributed by atoms with van der Waals surface area (Å²) in [4.78, 5) is 2.11. The van der Waals surface area contributed by atoms with Crippen LogP contribution in [-0.4, -0.2) is 36.2 Å². The standard InChI is InChI=1S/C16H20BrF3N2O.2ClH/c1-2-3-4-14(22-7-5-21-6-8-22)12-9-11(17)10-13(15(12)23)16(18,19)20;;/h2,9-10,14,21,23H,1,3-8H2;2*1H/t14-;;/m1../s1. The van der Waals surface area contributed by atoms with Crippen molar-refractivity contribution in [3.63, 3.8) is 0 Å². The van der Waals surface area contributed by atoms with Gasteiger partial charge in [-0.15, -0.1) is 31.4 Å². The van der Waals surface area contributed by atoms with E-state index in [1.807, 2.05) is 0 Å². The summed E-state index contributed by atoms with van der Waals surface area (Å²) >= 11 is 3.14. The molecular formula is C16H22BrCl2F3N2O. The molecule has 1 fully saturated rings. The van der Waals surface area contributed by atoms with E-state index in [1.165, 1.54) is 0 Å². The first-order valence-electron chi connectivity index (χ1n) is 7.50. The molecule has 0 amide bonds. The summed E-state index contributed by atoms with van der Waals surface area (Å²) in [5, 5.41) is 13.5. The highest BCUT2D eigenvalue weighted by atomic mass is 79.9. The van der Waals surface area contributed by atoms with E-state index in [2.05, 4.69) is 32.7 Å². The van der Waals surface area contributed by atoms with E-state index in [1.54, 1.807) is 12.1 Å². The molecule has 0 saturated carbocycles. The minimum Gasteiger partial charge on any atom is -0.507 e. The van der Waals surface area contributed by atoms with Gasteiger partial charge in [0, 0.05) is 42.3 Å². The van der Waals surface area contributed by atoms with Crippen LogP contribution in [0.25, 0.3) is 0 Å². The van der Waals surface area contributed by atoms with Crippen LogP contribution in [0.1, 0.15) is 30.0 Å². The first-order chi connectivity index (χ1) is 10.8. The fourth-order valence-corrected chi connectivity index (χ4v) is 3.37. The molecule has 1 heterocycles. The Labute approximate surface area is 166 Å². The summed E-state index contributed by atoms with van der Waals surface area (Å²) in [6.45, 7) is 6.71. The van der Waals surface area contributed by atoms with E-state index < -0.39 is 17.5 Å². The van der Waals surface area contributed by atoms with Gasteiger partial charge in [0.15, 0.2) is 0 Å². The second-order valence-electron chi connectivity index (χ2n) is 5.56. The Morgan fingerprint density at radius 3 is 2.40 bits per heavy atom. The van der Waals surface area contributed by atoms with Gasteiger partial charge in [0.1, 0.15) is 5.75 Å². The van der Waals surface area contributed by atoms with Crippen molar-refractivity contribution in [1.82, 2.24) is 10.2 Å². The number of phenols is 1. The van der Waals surface area contributed by atoms with Crippen molar-refractivity contribution in [2.45, 2.75) is 25.1 Å². The molecular weight excluding hydrogens is 444 g/mol. The fraction of sp³-hybridized carbons (Fsp3) is 0.500. The van der Waals surface area contributed by atoms with E-state index >= 15 is 0 Å². The minimum absolute atomic E-state index is 0. The van der Waals surface area contributed by atoms with Gasteiger partial charge in [-0.2, -0.15) is 13.2 Å². The maximum Gasteiger partial charge on any atom is 0.420 e. The van der Waals surface area contributed by atoms with Gasteiger partial charge in [0.05, 0.1) is 5.56 Å². The number of rotatable bonds is 5. The summed E-state index contributed by atoms with van der Waals surface area (Å²) in [5.41, 5.74) is -0.684. The van der Waals surface area contributed by atoms with Crippen molar-refractivity contribution in [3.8, 4) is 5.75 Å². The normalized spacial score (nSPS) is 16.5. The number of halogens is 6. The largest absolute Gasteiger partial charge is 0.507 e. The lowest BCUT2D eigenvalue weighted by Gasteiger charge is -2.36. The summed E-state index contributed by atoms with van der Waals surface area (Å²) in [7, 11) is 0. The summed E-state index contributed by atoms with van der Waals surface area (Å²) in [6, 6.07) is 2.23.